The van der Waals surface area contributed by atoms with Gasteiger partial charge in [0.15, 0.2) is 0 Å². The third kappa shape index (κ3) is 3.60. The number of hydrogen-bond acceptors (Lipinski definition) is 4. The summed E-state index contributed by atoms with van der Waals surface area (Å²) in [6.07, 6.45) is -4.33. The maximum Gasteiger partial charge on any atom is 0.433 e. The number of rotatable bonds is 4. The summed E-state index contributed by atoms with van der Waals surface area (Å²) in [6.45, 7) is -0.152. The minimum Gasteiger partial charge on any atom is -0.477 e. The van der Waals surface area contributed by atoms with E-state index in [1.165, 1.54) is 0 Å². The molecule has 0 amide bonds. The van der Waals surface area contributed by atoms with Crippen LogP contribution in [0.2, 0.25) is 0 Å². The molecule has 0 unspecified atom stereocenters. The highest BCUT2D eigenvalue weighted by Crippen LogP contribution is 2.29. The van der Waals surface area contributed by atoms with Crippen molar-refractivity contribution in [2.45, 2.75) is 12.6 Å². The van der Waals surface area contributed by atoms with Crippen molar-refractivity contribution in [3.63, 3.8) is 0 Å². The summed E-state index contributed by atoms with van der Waals surface area (Å²) in [5, 5.41) is 17.2. The van der Waals surface area contributed by atoms with E-state index < -0.39 is 11.9 Å². The van der Waals surface area contributed by atoms with E-state index in [-0.39, 0.29) is 31.1 Å². The molecular weight excluding hydrogens is 237 g/mol. The van der Waals surface area contributed by atoms with Crippen molar-refractivity contribution in [2.24, 2.45) is 0 Å². The molecule has 1 rings (SSSR count). The first-order valence-electron chi connectivity index (χ1n) is 4.71. The van der Waals surface area contributed by atoms with E-state index in [1.807, 2.05) is 0 Å². The van der Waals surface area contributed by atoms with Gasteiger partial charge in [0.25, 0.3) is 0 Å². The molecule has 7 heteroatoms. The number of halogens is 3. The summed E-state index contributed by atoms with van der Waals surface area (Å²) in [5.74, 6) is -0.365. The molecular formula is C10H9F3N2O2. The van der Waals surface area contributed by atoms with Gasteiger partial charge in [-0.15, -0.1) is 0 Å². The minimum atomic E-state index is -4.58. The van der Waals surface area contributed by atoms with E-state index >= 15 is 0 Å². The quantitative estimate of drug-likeness (QED) is 0.821. The Morgan fingerprint density at radius 3 is 2.65 bits per heavy atom. The number of alkyl halides is 3. The smallest absolute Gasteiger partial charge is 0.433 e. The number of hydrogen-bond donors (Lipinski definition) is 1. The first-order chi connectivity index (χ1) is 7.99. The predicted octanol–water partition coefficient (Wildman–Crippen LogP) is 1.73. The van der Waals surface area contributed by atoms with E-state index in [9.17, 15) is 13.2 Å². The zero-order chi connectivity index (χ0) is 12.9. The Balaban J connectivity index is 2.96. The van der Waals surface area contributed by atoms with Crippen LogP contribution in [0.3, 0.4) is 0 Å². The van der Waals surface area contributed by atoms with Crippen molar-refractivity contribution < 1.29 is 23.0 Å². The largest absolute Gasteiger partial charge is 0.477 e. The summed E-state index contributed by atoms with van der Waals surface area (Å²) in [7, 11) is 0. The second-order valence-electron chi connectivity index (χ2n) is 3.08. The molecule has 0 saturated heterocycles. The maximum atomic E-state index is 12.4. The van der Waals surface area contributed by atoms with Crippen LogP contribution in [0.15, 0.2) is 12.1 Å². The fourth-order valence-corrected chi connectivity index (χ4v) is 1.03. The van der Waals surface area contributed by atoms with E-state index in [0.29, 0.717) is 0 Å². The summed E-state index contributed by atoms with van der Waals surface area (Å²) in [5.41, 5.74) is -1.19. The van der Waals surface area contributed by atoms with E-state index in [1.54, 1.807) is 6.07 Å². The molecule has 0 fully saturated rings. The van der Waals surface area contributed by atoms with Crippen molar-refractivity contribution >= 4 is 0 Å². The molecule has 4 nitrogen and oxygen atoms in total. The van der Waals surface area contributed by atoms with Gasteiger partial charge in [0.1, 0.15) is 17.3 Å². The van der Waals surface area contributed by atoms with Crippen LogP contribution in [-0.4, -0.2) is 23.3 Å². The molecule has 1 aromatic rings. The molecule has 0 radical (unpaired) electrons. The number of aliphatic hydroxyl groups is 1. The lowest BCUT2D eigenvalue weighted by molar-refractivity contribution is -0.141. The Morgan fingerprint density at radius 1 is 1.41 bits per heavy atom. The molecule has 1 aromatic heterocycles. The number of aliphatic hydroxyl groups excluding tert-OH is 1. The topological polar surface area (TPSA) is 66.1 Å². The summed E-state index contributed by atoms with van der Waals surface area (Å²) < 4.78 is 42.0. The molecule has 0 aliphatic rings. The van der Waals surface area contributed by atoms with Crippen LogP contribution in [-0.2, 0) is 6.18 Å². The van der Waals surface area contributed by atoms with Crippen molar-refractivity contribution in [2.75, 3.05) is 13.2 Å². The fraction of sp³-hybridized carbons (Fsp3) is 0.400. The second-order valence-corrected chi connectivity index (χ2v) is 3.08. The molecule has 0 spiro atoms. The van der Waals surface area contributed by atoms with Crippen molar-refractivity contribution in [3.05, 3.63) is 23.4 Å². The van der Waals surface area contributed by atoms with Gasteiger partial charge in [0, 0.05) is 13.0 Å². The normalized spacial score (nSPS) is 11.0. The number of nitrogens with zero attached hydrogens (tertiary/aromatic N) is 2. The van der Waals surface area contributed by atoms with Crippen LogP contribution in [0.1, 0.15) is 17.7 Å². The highest BCUT2D eigenvalue weighted by Gasteiger charge is 2.33. The standard InChI is InChI=1S/C10H9F3N2O2/c11-10(12,13)8-3-2-7(6-14)9(15-8)17-5-1-4-16/h2-3,16H,1,4-5H2. The number of nitriles is 1. The van der Waals surface area contributed by atoms with Gasteiger partial charge in [-0.2, -0.15) is 18.4 Å². The van der Waals surface area contributed by atoms with Crippen molar-refractivity contribution in [1.82, 2.24) is 4.98 Å². The molecule has 0 aromatic carbocycles. The SMILES string of the molecule is N#Cc1ccc(C(F)(F)F)nc1OCCCO. The van der Waals surface area contributed by atoms with Crippen LogP contribution in [0.25, 0.3) is 0 Å². The zero-order valence-electron chi connectivity index (χ0n) is 8.66. The Bertz CT molecular complexity index is 427. The van der Waals surface area contributed by atoms with Crippen LogP contribution in [0.4, 0.5) is 13.2 Å². The lowest BCUT2D eigenvalue weighted by Crippen LogP contribution is -2.10. The molecule has 1 N–H and O–H groups in total. The number of aromatic nitrogens is 1. The van der Waals surface area contributed by atoms with Gasteiger partial charge < -0.3 is 9.84 Å². The summed E-state index contributed by atoms with van der Waals surface area (Å²) in [6, 6.07) is 3.41. The van der Waals surface area contributed by atoms with E-state index in [2.05, 4.69) is 4.98 Å². The van der Waals surface area contributed by atoms with Gasteiger partial charge in [0.2, 0.25) is 5.88 Å². The highest BCUT2D eigenvalue weighted by atomic mass is 19.4. The van der Waals surface area contributed by atoms with Gasteiger partial charge in [-0.05, 0) is 12.1 Å². The van der Waals surface area contributed by atoms with Crippen LogP contribution in [0, 0.1) is 11.3 Å². The third-order valence-corrected chi connectivity index (χ3v) is 1.81. The molecule has 0 aliphatic carbocycles. The average Bonchev–Trinajstić information content (AvgIpc) is 2.28. The Labute approximate surface area is 95.3 Å². The van der Waals surface area contributed by atoms with Gasteiger partial charge in [-0.1, -0.05) is 0 Å². The van der Waals surface area contributed by atoms with E-state index in [0.717, 1.165) is 12.1 Å². The van der Waals surface area contributed by atoms with Crippen LogP contribution < -0.4 is 4.74 Å². The Kier molecular flexibility index (Phi) is 4.29. The highest BCUT2D eigenvalue weighted by molar-refractivity contribution is 5.39. The monoisotopic (exact) mass is 246 g/mol. The number of ether oxygens (including phenoxy) is 1. The Hall–Kier alpha value is -1.81. The molecule has 0 saturated carbocycles. The first kappa shape index (κ1) is 13.3. The maximum absolute atomic E-state index is 12.4. The van der Waals surface area contributed by atoms with Crippen molar-refractivity contribution in [3.8, 4) is 11.9 Å². The second kappa shape index (κ2) is 5.50. The minimum absolute atomic E-state index is 0.000505. The van der Waals surface area contributed by atoms with Gasteiger partial charge in [-0.25, -0.2) is 4.98 Å². The number of pyridine rings is 1. The van der Waals surface area contributed by atoms with Crippen molar-refractivity contribution in [1.29, 1.82) is 5.26 Å². The molecule has 17 heavy (non-hydrogen) atoms. The lowest BCUT2D eigenvalue weighted by Gasteiger charge is -2.09. The first-order valence-corrected chi connectivity index (χ1v) is 4.71. The average molecular weight is 246 g/mol. The molecule has 0 atom stereocenters. The van der Waals surface area contributed by atoms with Gasteiger partial charge in [-0.3, -0.25) is 0 Å². The van der Waals surface area contributed by atoms with Crippen LogP contribution >= 0.6 is 0 Å². The van der Waals surface area contributed by atoms with Gasteiger partial charge in [0.05, 0.1) is 6.61 Å². The third-order valence-electron chi connectivity index (χ3n) is 1.81. The summed E-state index contributed by atoms with van der Waals surface area (Å²) >= 11 is 0. The molecule has 0 bridgehead atoms. The molecule has 92 valence electrons. The van der Waals surface area contributed by atoms with Crippen LogP contribution in [0.5, 0.6) is 5.88 Å². The Morgan fingerprint density at radius 2 is 2.12 bits per heavy atom. The molecule has 1 heterocycles. The van der Waals surface area contributed by atoms with Gasteiger partial charge >= 0.3 is 6.18 Å². The zero-order valence-corrected chi connectivity index (χ0v) is 8.66. The lowest BCUT2D eigenvalue weighted by atomic mass is 10.2. The fourth-order valence-electron chi connectivity index (χ4n) is 1.03. The van der Waals surface area contributed by atoms with E-state index in [4.69, 9.17) is 15.1 Å². The predicted molar refractivity (Wildman–Crippen MR) is 51.2 cm³/mol. The summed E-state index contributed by atoms with van der Waals surface area (Å²) in [4.78, 5) is 3.24. The molecule has 0 aliphatic heterocycles.